The van der Waals surface area contributed by atoms with Crippen LogP contribution in [-0.2, 0) is 0 Å². The zero-order valence-corrected chi connectivity index (χ0v) is 30.3. The van der Waals surface area contributed by atoms with Crippen molar-refractivity contribution in [3.63, 3.8) is 0 Å². The van der Waals surface area contributed by atoms with E-state index < -0.39 is 0 Å². The Morgan fingerprint density at radius 2 is 0.774 bits per heavy atom. The topological polar surface area (TPSA) is 25.8 Å². The summed E-state index contributed by atoms with van der Waals surface area (Å²) in [6, 6.07) is 58.2. The van der Waals surface area contributed by atoms with Crippen molar-refractivity contribution < 1.29 is 0 Å². The van der Waals surface area contributed by atoms with Crippen LogP contribution in [0.4, 0.5) is 0 Å². The monoisotopic (exact) mass is 738 g/mol. The van der Waals surface area contributed by atoms with Crippen molar-refractivity contribution in [2.24, 2.45) is 0 Å². The zero-order chi connectivity index (χ0) is 34.9. The van der Waals surface area contributed by atoms with E-state index in [0.29, 0.717) is 0 Å². The number of hydrogen-bond acceptors (Lipinski definition) is 2. The molecule has 0 saturated heterocycles. The molecule has 11 rings (SSSR count). The summed E-state index contributed by atoms with van der Waals surface area (Å²) < 4.78 is 2.87. The fourth-order valence-electron chi connectivity index (χ4n) is 8.69. The van der Waals surface area contributed by atoms with Crippen molar-refractivity contribution in [2.45, 2.75) is 0 Å². The van der Waals surface area contributed by atoms with Gasteiger partial charge in [-0.1, -0.05) is 0 Å². The van der Waals surface area contributed by atoms with E-state index >= 15 is 0 Å². The molecule has 0 amide bonds. The molecule has 0 aliphatic rings. The van der Waals surface area contributed by atoms with Crippen molar-refractivity contribution >= 4 is 76.9 Å². The first kappa shape index (κ1) is 30.3. The average molecular weight is 738 g/mol. The molecule has 0 atom stereocenters. The van der Waals surface area contributed by atoms with Gasteiger partial charge in [-0.3, -0.25) is 0 Å². The first-order valence-corrected chi connectivity index (χ1v) is 19.7. The van der Waals surface area contributed by atoms with E-state index in [1.54, 1.807) is 0 Å². The van der Waals surface area contributed by atoms with Gasteiger partial charge in [0.15, 0.2) is 0 Å². The molecule has 3 aromatic heterocycles. The summed E-state index contributed by atoms with van der Waals surface area (Å²) in [6.45, 7) is 0. The molecule has 2 nitrogen and oxygen atoms in total. The quantitative estimate of drug-likeness (QED) is 0.133. The van der Waals surface area contributed by atoms with Gasteiger partial charge in [-0.05, 0) is 0 Å². The molecule has 11 aromatic rings. The fraction of sp³-hybridized carbons (Fsp3) is 0. The average Bonchev–Trinajstić information content (AvgIpc) is 3.61. The summed E-state index contributed by atoms with van der Waals surface area (Å²) >= 11 is 0.166. The summed E-state index contributed by atoms with van der Waals surface area (Å²) in [6.07, 6.45) is 7.67. The van der Waals surface area contributed by atoms with Gasteiger partial charge >= 0.3 is 314 Å². The molecule has 0 fully saturated rings. The third kappa shape index (κ3) is 4.65. The van der Waals surface area contributed by atoms with Crippen LogP contribution in [0, 0.1) is 0 Å². The van der Waals surface area contributed by atoms with Gasteiger partial charge in [0.25, 0.3) is 0 Å². The van der Waals surface area contributed by atoms with Crippen LogP contribution in [0.5, 0.6) is 0 Å². The molecule has 0 radical (unpaired) electrons. The van der Waals surface area contributed by atoms with Crippen LogP contribution >= 0.6 is 0 Å². The number of benzene rings is 8. The summed E-state index contributed by atoms with van der Waals surface area (Å²) in [4.78, 5) is 9.00. The van der Waals surface area contributed by atoms with Crippen molar-refractivity contribution in [1.29, 1.82) is 0 Å². The number of fused-ring (bicyclic) bond motifs is 7. The SMILES string of the molecule is c1cncc(-c2c3ccccc3c(-c3ccc4c(c3)[se]c3cccc(-c5c6ccccc6c(-c6cccnc6)c6ccccc56)c34)c3ccccc23)c1. The van der Waals surface area contributed by atoms with Crippen LogP contribution in [0.15, 0.2) is 183 Å². The summed E-state index contributed by atoms with van der Waals surface area (Å²) in [5.74, 6) is 0. The Kier molecular flexibility index (Phi) is 6.91. The molecule has 0 aliphatic heterocycles. The zero-order valence-electron chi connectivity index (χ0n) is 28.6. The number of pyridine rings is 2. The molecule has 3 heterocycles. The maximum atomic E-state index is 4.51. The molecule has 0 N–H and O–H groups in total. The predicted octanol–water partition coefficient (Wildman–Crippen LogP) is 13.1. The van der Waals surface area contributed by atoms with E-state index in [0.717, 1.165) is 11.1 Å². The van der Waals surface area contributed by atoms with Gasteiger partial charge in [0.05, 0.1) is 0 Å². The number of nitrogens with zero attached hydrogens (tertiary/aromatic N) is 2. The van der Waals surface area contributed by atoms with Crippen molar-refractivity contribution in [1.82, 2.24) is 9.97 Å². The standard InChI is InChI=1S/C50H30N2Se/c1-3-16-36-34(14-1)46(35-15-2-4-17-37(35)47(36)32-12-10-26-51-29-32)31-24-25-42-45(28-31)53-44-23-9-22-43(50(42)44)49-40-20-7-5-18-38(40)48(33-13-11-27-52-30-33)39-19-6-8-21-41(39)49/h1-30H. The van der Waals surface area contributed by atoms with Crippen molar-refractivity contribution in [3.05, 3.63) is 183 Å². The van der Waals surface area contributed by atoms with Crippen LogP contribution in [0.1, 0.15) is 0 Å². The second-order valence-corrected chi connectivity index (χ2v) is 15.9. The Labute approximate surface area is 312 Å². The molecule has 0 saturated carbocycles. The van der Waals surface area contributed by atoms with E-state index in [-0.39, 0.29) is 14.5 Å². The normalized spacial score (nSPS) is 11.8. The summed E-state index contributed by atoms with van der Waals surface area (Å²) in [7, 11) is 0. The number of hydrogen-bond donors (Lipinski definition) is 0. The van der Waals surface area contributed by atoms with E-state index in [9.17, 15) is 0 Å². The van der Waals surface area contributed by atoms with Gasteiger partial charge in [-0.25, -0.2) is 0 Å². The molecule has 246 valence electrons. The summed E-state index contributed by atoms with van der Waals surface area (Å²) in [5, 5.41) is 12.8. The molecule has 8 aromatic carbocycles. The van der Waals surface area contributed by atoms with Crippen LogP contribution in [0.3, 0.4) is 0 Å². The minimum absolute atomic E-state index is 0.166. The second-order valence-electron chi connectivity index (χ2n) is 13.7. The molecule has 0 bridgehead atoms. The molecule has 0 unspecified atom stereocenters. The van der Waals surface area contributed by atoms with E-state index in [1.807, 2.05) is 36.9 Å². The Hall–Kier alpha value is -6.38. The van der Waals surface area contributed by atoms with Crippen LogP contribution in [0.25, 0.3) is 107 Å². The number of aromatic nitrogens is 2. The van der Waals surface area contributed by atoms with Gasteiger partial charge in [0, 0.05) is 0 Å². The van der Waals surface area contributed by atoms with Crippen LogP contribution in [0.2, 0.25) is 0 Å². The Morgan fingerprint density at radius 1 is 0.321 bits per heavy atom. The van der Waals surface area contributed by atoms with Gasteiger partial charge in [-0.15, -0.1) is 0 Å². The number of rotatable bonds is 4. The molecular weight excluding hydrogens is 708 g/mol. The van der Waals surface area contributed by atoms with Gasteiger partial charge in [0.1, 0.15) is 0 Å². The fourth-order valence-corrected chi connectivity index (χ4v) is 11.1. The van der Waals surface area contributed by atoms with Crippen molar-refractivity contribution in [2.75, 3.05) is 0 Å². The molecule has 0 spiro atoms. The van der Waals surface area contributed by atoms with Gasteiger partial charge in [0.2, 0.25) is 0 Å². The third-order valence-corrected chi connectivity index (χ3v) is 13.2. The first-order valence-electron chi connectivity index (χ1n) is 18.0. The molecule has 3 heteroatoms. The minimum atomic E-state index is 0.166. The molecule has 53 heavy (non-hydrogen) atoms. The van der Waals surface area contributed by atoms with E-state index in [1.165, 1.54) is 95.8 Å². The Balaban J connectivity index is 1.18. The van der Waals surface area contributed by atoms with Crippen molar-refractivity contribution in [3.8, 4) is 44.5 Å². The Morgan fingerprint density at radius 3 is 1.23 bits per heavy atom. The third-order valence-electron chi connectivity index (χ3n) is 10.8. The molecular formula is C50H30N2Se. The second kappa shape index (κ2) is 12.1. The maximum absolute atomic E-state index is 4.51. The summed E-state index contributed by atoms with van der Waals surface area (Å²) in [5.41, 5.74) is 9.92. The van der Waals surface area contributed by atoms with Crippen LogP contribution < -0.4 is 0 Å². The predicted molar refractivity (Wildman–Crippen MR) is 226 cm³/mol. The first-order chi connectivity index (χ1) is 26.3. The van der Waals surface area contributed by atoms with E-state index in [4.69, 9.17) is 0 Å². The molecule has 0 aliphatic carbocycles. The van der Waals surface area contributed by atoms with Gasteiger partial charge < -0.3 is 0 Å². The Bertz CT molecular complexity index is 3100. The van der Waals surface area contributed by atoms with E-state index in [2.05, 4.69) is 156 Å². The van der Waals surface area contributed by atoms with Gasteiger partial charge in [-0.2, -0.15) is 0 Å². The van der Waals surface area contributed by atoms with Crippen LogP contribution in [-0.4, -0.2) is 24.5 Å².